The van der Waals surface area contributed by atoms with Crippen molar-refractivity contribution in [3.05, 3.63) is 0 Å². The molecule has 2 heteroatoms. The molecule has 0 saturated carbocycles. The Hall–Kier alpha value is 0.177. The van der Waals surface area contributed by atoms with Gasteiger partial charge in [0.15, 0.2) is 8.32 Å². The van der Waals surface area contributed by atoms with Gasteiger partial charge in [-0.25, -0.2) is 0 Å². The number of unbranched alkanes of at least 4 members (excludes halogenated alkanes) is 12. The molecule has 0 aliphatic heterocycles. The molecular weight excluding hydrogens is 332 g/mol. The second-order valence-electron chi connectivity index (χ2n) is 8.52. The molecule has 0 spiro atoms. The molecule has 26 heavy (non-hydrogen) atoms. The van der Waals surface area contributed by atoms with Gasteiger partial charge < -0.3 is 4.43 Å². The second kappa shape index (κ2) is 19.9. The fraction of sp³-hybridized carbons (Fsp3) is 1.00. The highest BCUT2D eigenvalue weighted by atomic mass is 28.4. The third kappa shape index (κ3) is 15.3. The van der Waals surface area contributed by atoms with Crippen molar-refractivity contribution in [2.75, 3.05) is 6.61 Å². The van der Waals surface area contributed by atoms with E-state index in [9.17, 15) is 0 Å². The minimum atomic E-state index is -1.51. The zero-order chi connectivity index (χ0) is 19.3. The summed E-state index contributed by atoms with van der Waals surface area (Å²) in [7, 11) is -1.51. The van der Waals surface area contributed by atoms with E-state index >= 15 is 0 Å². The number of rotatable bonds is 21. The maximum atomic E-state index is 6.86. The Morgan fingerprint density at radius 1 is 0.423 bits per heavy atom. The Labute approximate surface area is 168 Å². The molecule has 0 atom stereocenters. The van der Waals surface area contributed by atoms with Crippen LogP contribution in [0.4, 0.5) is 0 Å². The van der Waals surface area contributed by atoms with E-state index in [0.717, 1.165) is 6.61 Å². The van der Waals surface area contributed by atoms with Gasteiger partial charge in [-0.2, -0.15) is 0 Å². The van der Waals surface area contributed by atoms with Gasteiger partial charge in [0.2, 0.25) is 0 Å². The average molecular weight is 385 g/mol. The standard InChI is InChI=1S/C24H52OSi/c1-5-9-13-17-21-25-26(22-18-14-10-6-2,23-19-15-11-7-3)24-20-16-12-8-4/h5-24H2,1-4H3. The Bertz CT molecular complexity index is 236. The fourth-order valence-electron chi connectivity index (χ4n) is 4.03. The summed E-state index contributed by atoms with van der Waals surface area (Å²) < 4.78 is 6.86. The van der Waals surface area contributed by atoms with E-state index in [1.807, 2.05) is 0 Å². The first kappa shape index (κ1) is 26.2. The van der Waals surface area contributed by atoms with Gasteiger partial charge >= 0.3 is 0 Å². The smallest absolute Gasteiger partial charge is 0.192 e. The van der Waals surface area contributed by atoms with Crippen LogP contribution in [0.25, 0.3) is 0 Å². The maximum Gasteiger partial charge on any atom is 0.192 e. The molecule has 0 amide bonds. The Kier molecular flexibility index (Phi) is 20.1. The van der Waals surface area contributed by atoms with Crippen LogP contribution in [0.15, 0.2) is 0 Å². The van der Waals surface area contributed by atoms with E-state index in [4.69, 9.17) is 4.43 Å². The van der Waals surface area contributed by atoms with Gasteiger partial charge in [-0.1, -0.05) is 124 Å². The van der Waals surface area contributed by atoms with Gasteiger partial charge in [0.1, 0.15) is 0 Å². The molecule has 0 saturated heterocycles. The summed E-state index contributed by atoms with van der Waals surface area (Å²) in [5.41, 5.74) is 0. The van der Waals surface area contributed by atoms with Crippen molar-refractivity contribution < 1.29 is 4.43 Å². The summed E-state index contributed by atoms with van der Waals surface area (Å²) in [6, 6.07) is 4.33. The normalized spacial score (nSPS) is 12.0. The highest BCUT2D eigenvalue weighted by molar-refractivity contribution is 6.73. The quantitative estimate of drug-likeness (QED) is 0.141. The Balaban J connectivity index is 4.63. The van der Waals surface area contributed by atoms with Crippen LogP contribution in [0.1, 0.15) is 130 Å². The van der Waals surface area contributed by atoms with Crippen molar-refractivity contribution in [3.63, 3.8) is 0 Å². The molecule has 0 aromatic carbocycles. The van der Waals surface area contributed by atoms with Crippen LogP contribution >= 0.6 is 0 Å². The van der Waals surface area contributed by atoms with E-state index in [1.54, 1.807) is 0 Å². The number of hydrogen-bond acceptors (Lipinski definition) is 1. The van der Waals surface area contributed by atoms with Crippen LogP contribution in [-0.2, 0) is 4.43 Å². The second-order valence-corrected chi connectivity index (χ2v) is 12.7. The lowest BCUT2D eigenvalue weighted by atomic mass is 10.2. The van der Waals surface area contributed by atoms with Gasteiger partial charge in [-0.05, 0) is 24.6 Å². The summed E-state index contributed by atoms with van der Waals surface area (Å²) in [6.07, 6.45) is 22.2. The highest BCUT2D eigenvalue weighted by Crippen LogP contribution is 2.31. The molecule has 0 unspecified atom stereocenters. The van der Waals surface area contributed by atoms with Crippen LogP contribution in [0.5, 0.6) is 0 Å². The Morgan fingerprint density at radius 2 is 0.769 bits per heavy atom. The van der Waals surface area contributed by atoms with Crippen LogP contribution in [-0.4, -0.2) is 14.9 Å². The molecule has 0 bridgehead atoms. The number of hydrogen-bond donors (Lipinski definition) is 0. The lowest BCUT2D eigenvalue weighted by Crippen LogP contribution is -2.38. The minimum Gasteiger partial charge on any atom is -0.417 e. The molecule has 0 aromatic heterocycles. The third-order valence-electron chi connectivity index (χ3n) is 5.86. The predicted octanol–water partition coefficient (Wildman–Crippen LogP) is 9.27. The molecular formula is C24H52OSi. The minimum absolute atomic E-state index is 1.06. The predicted molar refractivity (Wildman–Crippen MR) is 123 cm³/mol. The lowest BCUT2D eigenvalue weighted by molar-refractivity contribution is 0.282. The molecule has 0 heterocycles. The lowest BCUT2D eigenvalue weighted by Gasteiger charge is -2.32. The zero-order valence-corrected chi connectivity index (χ0v) is 20.1. The summed E-state index contributed by atoms with van der Waals surface area (Å²) >= 11 is 0. The molecule has 0 rings (SSSR count). The summed E-state index contributed by atoms with van der Waals surface area (Å²) in [6.45, 7) is 10.3. The van der Waals surface area contributed by atoms with Crippen molar-refractivity contribution in [1.29, 1.82) is 0 Å². The van der Waals surface area contributed by atoms with Crippen LogP contribution in [0.3, 0.4) is 0 Å². The van der Waals surface area contributed by atoms with Crippen LogP contribution in [0.2, 0.25) is 18.1 Å². The SMILES string of the molecule is CCCCCCO[Si](CCCCCC)(CCCCCC)CCCCCC. The van der Waals surface area contributed by atoms with Crippen molar-refractivity contribution >= 4 is 8.32 Å². The van der Waals surface area contributed by atoms with Crippen molar-refractivity contribution in [2.24, 2.45) is 0 Å². The van der Waals surface area contributed by atoms with E-state index in [2.05, 4.69) is 27.7 Å². The molecule has 0 aliphatic carbocycles. The van der Waals surface area contributed by atoms with Gasteiger partial charge in [0.25, 0.3) is 0 Å². The van der Waals surface area contributed by atoms with Gasteiger partial charge in [-0.15, -0.1) is 0 Å². The molecule has 158 valence electrons. The zero-order valence-electron chi connectivity index (χ0n) is 19.1. The van der Waals surface area contributed by atoms with Gasteiger partial charge in [-0.3, -0.25) is 0 Å². The van der Waals surface area contributed by atoms with E-state index in [0.29, 0.717) is 0 Å². The largest absolute Gasteiger partial charge is 0.417 e. The maximum absolute atomic E-state index is 6.86. The summed E-state index contributed by atoms with van der Waals surface area (Å²) in [5, 5.41) is 0. The first-order chi connectivity index (χ1) is 12.7. The molecule has 1 nitrogen and oxygen atoms in total. The van der Waals surface area contributed by atoms with Crippen molar-refractivity contribution in [1.82, 2.24) is 0 Å². The summed E-state index contributed by atoms with van der Waals surface area (Å²) in [4.78, 5) is 0. The molecule has 0 fully saturated rings. The average Bonchev–Trinajstić information content (AvgIpc) is 2.65. The van der Waals surface area contributed by atoms with E-state index in [1.165, 1.54) is 121 Å². The fourth-order valence-corrected chi connectivity index (χ4v) is 8.47. The highest BCUT2D eigenvalue weighted by Gasteiger charge is 2.33. The molecule has 0 aliphatic rings. The van der Waals surface area contributed by atoms with Crippen molar-refractivity contribution in [2.45, 2.75) is 149 Å². The Morgan fingerprint density at radius 3 is 1.12 bits per heavy atom. The van der Waals surface area contributed by atoms with Crippen LogP contribution in [0, 0.1) is 0 Å². The van der Waals surface area contributed by atoms with Gasteiger partial charge in [0, 0.05) is 6.61 Å². The summed E-state index contributed by atoms with van der Waals surface area (Å²) in [5.74, 6) is 0. The first-order valence-corrected chi connectivity index (χ1v) is 14.9. The topological polar surface area (TPSA) is 9.23 Å². The van der Waals surface area contributed by atoms with Crippen LogP contribution < -0.4 is 0 Å². The van der Waals surface area contributed by atoms with Gasteiger partial charge in [0.05, 0.1) is 0 Å². The first-order valence-electron chi connectivity index (χ1n) is 12.4. The van der Waals surface area contributed by atoms with E-state index in [-0.39, 0.29) is 0 Å². The molecule has 0 N–H and O–H groups in total. The molecule has 0 aromatic rings. The van der Waals surface area contributed by atoms with Crippen molar-refractivity contribution in [3.8, 4) is 0 Å². The molecule has 0 radical (unpaired) electrons. The monoisotopic (exact) mass is 384 g/mol. The van der Waals surface area contributed by atoms with E-state index < -0.39 is 8.32 Å². The third-order valence-corrected chi connectivity index (χ3v) is 10.5.